The number of rotatable bonds is 7. The molecule has 0 spiro atoms. The maximum atomic E-state index is 11.9. The lowest BCUT2D eigenvalue weighted by Gasteiger charge is -2.13. The Labute approximate surface area is 146 Å². The van der Waals surface area contributed by atoms with E-state index in [-0.39, 0.29) is 0 Å². The minimum absolute atomic E-state index is 0.311. The van der Waals surface area contributed by atoms with Gasteiger partial charge in [-0.2, -0.15) is 5.26 Å². The van der Waals surface area contributed by atoms with E-state index < -0.39 is 24.6 Å². The van der Waals surface area contributed by atoms with E-state index in [0.29, 0.717) is 17.9 Å². The molecule has 0 fully saturated rings. The third-order valence-corrected chi connectivity index (χ3v) is 3.25. The first-order chi connectivity index (χ1) is 12.1. The van der Waals surface area contributed by atoms with Gasteiger partial charge in [-0.25, -0.2) is 4.79 Å². The van der Waals surface area contributed by atoms with E-state index in [2.05, 4.69) is 5.32 Å². The van der Waals surface area contributed by atoms with Crippen molar-refractivity contribution in [2.75, 3.05) is 11.9 Å². The molecule has 2 rings (SSSR count). The summed E-state index contributed by atoms with van der Waals surface area (Å²) in [5, 5.41) is 11.2. The Balaban J connectivity index is 1.77. The smallest absolute Gasteiger partial charge is 0.347 e. The molecule has 2 aromatic carbocycles. The molecule has 0 aliphatic carbocycles. The van der Waals surface area contributed by atoms with Crippen molar-refractivity contribution in [3.63, 3.8) is 0 Å². The number of nitrogens with zero attached hydrogens (tertiary/aromatic N) is 1. The number of nitrogens with one attached hydrogen (secondary N) is 1. The number of para-hydroxylation sites is 1. The molecule has 128 valence electrons. The Morgan fingerprint density at radius 1 is 1.12 bits per heavy atom. The van der Waals surface area contributed by atoms with Crippen molar-refractivity contribution in [3.8, 4) is 11.8 Å². The minimum Gasteiger partial charge on any atom is -0.479 e. The highest BCUT2D eigenvalue weighted by Gasteiger charge is 2.17. The van der Waals surface area contributed by atoms with Gasteiger partial charge in [0.15, 0.2) is 12.7 Å². The molecule has 1 amide bonds. The van der Waals surface area contributed by atoms with Crippen LogP contribution >= 0.6 is 0 Å². The Morgan fingerprint density at radius 3 is 2.44 bits per heavy atom. The largest absolute Gasteiger partial charge is 0.479 e. The molecule has 1 atom stereocenters. The van der Waals surface area contributed by atoms with Crippen molar-refractivity contribution in [1.29, 1.82) is 5.26 Å². The van der Waals surface area contributed by atoms with Crippen LogP contribution in [0.15, 0.2) is 54.6 Å². The topological polar surface area (TPSA) is 88.4 Å². The predicted molar refractivity (Wildman–Crippen MR) is 91.9 cm³/mol. The Morgan fingerprint density at radius 2 is 1.80 bits per heavy atom. The van der Waals surface area contributed by atoms with E-state index >= 15 is 0 Å². The number of carbonyl (C=O) groups is 2. The second-order valence-electron chi connectivity index (χ2n) is 5.26. The molecule has 0 saturated heterocycles. The molecule has 6 heteroatoms. The average Bonchev–Trinajstić information content (AvgIpc) is 2.62. The highest BCUT2D eigenvalue weighted by Crippen LogP contribution is 2.12. The Hall–Kier alpha value is -3.33. The summed E-state index contributed by atoms with van der Waals surface area (Å²) in [6.45, 7) is 1.16. The highest BCUT2D eigenvalue weighted by atomic mass is 16.6. The molecule has 0 radical (unpaired) electrons. The van der Waals surface area contributed by atoms with Crippen LogP contribution in [-0.4, -0.2) is 24.6 Å². The second kappa shape index (κ2) is 9.08. The lowest BCUT2D eigenvalue weighted by Crippen LogP contribution is -2.29. The molecule has 0 aliphatic rings. The van der Waals surface area contributed by atoms with Crippen molar-refractivity contribution in [1.82, 2.24) is 0 Å². The molecule has 1 N–H and O–H groups in total. The molecule has 6 nitrogen and oxygen atoms in total. The molecule has 0 bridgehead atoms. The van der Waals surface area contributed by atoms with Crippen LogP contribution in [0.3, 0.4) is 0 Å². The fraction of sp³-hybridized carbons (Fsp3) is 0.211. The van der Waals surface area contributed by atoms with Gasteiger partial charge in [0.05, 0.1) is 12.5 Å². The van der Waals surface area contributed by atoms with Crippen LogP contribution < -0.4 is 10.1 Å². The van der Waals surface area contributed by atoms with E-state index in [1.54, 1.807) is 55.5 Å². The lowest BCUT2D eigenvalue weighted by molar-refractivity contribution is -0.153. The first-order valence-electron chi connectivity index (χ1n) is 7.72. The van der Waals surface area contributed by atoms with Crippen molar-refractivity contribution in [2.45, 2.75) is 19.4 Å². The quantitative estimate of drug-likeness (QED) is 0.784. The van der Waals surface area contributed by atoms with Gasteiger partial charge in [-0.1, -0.05) is 30.3 Å². The summed E-state index contributed by atoms with van der Waals surface area (Å²) in [5.74, 6) is -0.523. The van der Waals surface area contributed by atoms with Crippen LogP contribution in [0.25, 0.3) is 0 Å². The van der Waals surface area contributed by atoms with E-state index in [1.807, 2.05) is 12.1 Å². The summed E-state index contributed by atoms with van der Waals surface area (Å²) in [6.07, 6.45) is -0.508. The Bertz CT molecular complexity index is 751. The molecule has 0 aromatic heterocycles. The van der Waals surface area contributed by atoms with E-state index in [9.17, 15) is 9.59 Å². The van der Waals surface area contributed by atoms with Crippen LogP contribution in [0.4, 0.5) is 5.69 Å². The zero-order chi connectivity index (χ0) is 18.1. The zero-order valence-corrected chi connectivity index (χ0v) is 13.8. The molecular weight excluding hydrogens is 320 g/mol. The third-order valence-electron chi connectivity index (χ3n) is 3.25. The minimum atomic E-state index is -0.819. The normalized spacial score (nSPS) is 11.0. The van der Waals surface area contributed by atoms with Crippen molar-refractivity contribution in [2.24, 2.45) is 0 Å². The summed E-state index contributed by atoms with van der Waals surface area (Å²) in [4.78, 5) is 23.7. The van der Waals surface area contributed by atoms with E-state index in [1.165, 1.54) is 0 Å². The van der Waals surface area contributed by atoms with E-state index in [0.717, 1.165) is 5.56 Å². The van der Waals surface area contributed by atoms with Gasteiger partial charge >= 0.3 is 5.97 Å². The number of nitriles is 1. The van der Waals surface area contributed by atoms with Crippen molar-refractivity contribution < 1.29 is 19.1 Å². The number of ether oxygens (including phenoxy) is 2. The second-order valence-corrected chi connectivity index (χ2v) is 5.26. The number of hydrogen-bond donors (Lipinski definition) is 1. The molecule has 0 aliphatic heterocycles. The molecule has 2 aromatic rings. The third kappa shape index (κ3) is 5.99. The number of carbonyl (C=O) groups excluding carboxylic acids is 2. The number of esters is 1. The molecule has 0 heterocycles. The number of benzene rings is 2. The summed E-state index contributed by atoms with van der Waals surface area (Å²) in [5.41, 5.74) is 1.43. The van der Waals surface area contributed by atoms with Gasteiger partial charge in [0.25, 0.3) is 5.91 Å². The van der Waals surface area contributed by atoms with Crippen LogP contribution in [0.2, 0.25) is 0 Å². The van der Waals surface area contributed by atoms with Gasteiger partial charge in [0, 0.05) is 5.69 Å². The standard InChI is InChI=1S/C19H18N2O4/c1-14(25-17-5-3-2-4-6-17)19(23)24-13-18(22)21-16-9-7-15(8-10-16)11-12-20/h2-10,14H,11,13H2,1H3,(H,21,22)/t14-/m0/s1. The van der Waals surface area contributed by atoms with Crippen molar-refractivity contribution >= 4 is 17.6 Å². The summed E-state index contributed by atoms with van der Waals surface area (Å²) >= 11 is 0. The van der Waals surface area contributed by atoms with Crippen LogP contribution in [0.1, 0.15) is 12.5 Å². The number of anilines is 1. The fourth-order valence-corrected chi connectivity index (χ4v) is 2.00. The highest BCUT2D eigenvalue weighted by molar-refractivity contribution is 5.93. The SMILES string of the molecule is C[C@H](Oc1ccccc1)C(=O)OCC(=O)Nc1ccc(CC#N)cc1. The summed E-state index contributed by atoms with van der Waals surface area (Å²) in [7, 11) is 0. The monoisotopic (exact) mass is 338 g/mol. The van der Waals surface area contributed by atoms with Gasteiger partial charge in [0.2, 0.25) is 0 Å². The first kappa shape index (κ1) is 18.0. The maximum Gasteiger partial charge on any atom is 0.347 e. The van der Waals surface area contributed by atoms with Gasteiger partial charge in [0.1, 0.15) is 5.75 Å². The van der Waals surface area contributed by atoms with Crippen molar-refractivity contribution in [3.05, 3.63) is 60.2 Å². The maximum absolute atomic E-state index is 11.9. The van der Waals surface area contributed by atoms with E-state index in [4.69, 9.17) is 14.7 Å². The predicted octanol–water partition coefficient (Wildman–Crippen LogP) is 2.70. The fourth-order valence-electron chi connectivity index (χ4n) is 2.00. The van der Waals surface area contributed by atoms with Gasteiger partial charge < -0.3 is 14.8 Å². The number of amides is 1. The lowest BCUT2D eigenvalue weighted by atomic mass is 10.1. The van der Waals surface area contributed by atoms with Gasteiger partial charge in [-0.15, -0.1) is 0 Å². The molecule has 0 saturated carbocycles. The van der Waals surface area contributed by atoms with Crippen LogP contribution in [0, 0.1) is 11.3 Å². The average molecular weight is 338 g/mol. The molecular formula is C19H18N2O4. The zero-order valence-electron chi connectivity index (χ0n) is 13.8. The first-order valence-corrected chi connectivity index (χ1v) is 7.72. The van der Waals surface area contributed by atoms with Crippen LogP contribution in [-0.2, 0) is 20.7 Å². The molecule has 0 unspecified atom stereocenters. The summed E-state index contributed by atoms with van der Waals surface area (Å²) in [6, 6.07) is 17.8. The number of hydrogen-bond acceptors (Lipinski definition) is 5. The van der Waals surface area contributed by atoms with Crippen LogP contribution in [0.5, 0.6) is 5.75 Å². The van der Waals surface area contributed by atoms with Gasteiger partial charge in [-0.05, 0) is 36.8 Å². The van der Waals surface area contributed by atoms with Gasteiger partial charge in [-0.3, -0.25) is 4.79 Å². The summed E-state index contributed by atoms with van der Waals surface area (Å²) < 4.78 is 10.4. The molecule has 25 heavy (non-hydrogen) atoms. The Kier molecular flexibility index (Phi) is 6.55.